The Hall–Kier alpha value is -1.80. The zero-order chi connectivity index (χ0) is 13.7. The minimum absolute atomic E-state index is 0.354. The number of aryl methyl sites for hydroxylation is 1. The lowest BCUT2D eigenvalue weighted by molar-refractivity contribution is 0.414. The van der Waals surface area contributed by atoms with E-state index in [9.17, 15) is 0 Å². The number of hydrogen-bond donors (Lipinski definition) is 1. The maximum Gasteiger partial charge on any atom is 0.118 e. The van der Waals surface area contributed by atoms with Crippen LogP contribution in [0.25, 0.3) is 0 Å². The molecule has 0 saturated carbocycles. The number of ether oxygens (including phenoxy) is 1. The molecule has 2 aromatic carbocycles. The molecule has 0 fully saturated rings. The highest BCUT2D eigenvalue weighted by Crippen LogP contribution is 2.23. The van der Waals surface area contributed by atoms with Gasteiger partial charge in [0.1, 0.15) is 5.75 Å². The molecule has 0 amide bonds. The second-order valence-electron chi connectivity index (χ2n) is 4.84. The number of rotatable bonds is 5. The molecule has 0 aliphatic rings. The van der Waals surface area contributed by atoms with Gasteiger partial charge in [0.05, 0.1) is 7.11 Å². The minimum Gasteiger partial charge on any atom is -0.497 e. The molecule has 1 atom stereocenters. The quantitative estimate of drug-likeness (QED) is 0.889. The Morgan fingerprint density at radius 2 is 1.74 bits per heavy atom. The fourth-order valence-corrected chi connectivity index (χ4v) is 2.32. The van der Waals surface area contributed by atoms with Crippen LogP contribution in [-0.4, -0.2) is 13.7 Å². The molecule has 2 N–H and O–H groups in total. The van der Waals surface area contributed by atoms with Crippen molar-refractivity contribution in [3.8, 4) is 5.75 Å². The third kappa shape index (κ3) is 3.36. The van der Waals surface area contributed by atoms with Gasteiger partial charge < -0.3 is 10.5 Å². The first-order valence-electron chi connectivity index (χ1n) is 6.63. The molecule has 0 aliphatic heterocycles. The van der Waals surface area contributed by atoms with E-state index in [1.807, 2.05) is 12.1 Å². The molecule has 0 aromatic heterocycles. The average molecular weight is 255 g/mol. The summed E-state index contributed by atoms with van der Waals surface area (Å²) in [5, 5.41) is 0. The molecule has 1 unspecified atom stereocenters. The number of nitrogens with two attached hydrogens (primary N) is 1. The van der Waals surface area contributed by atoms with Gasteiger partial charge in [0.2, 0.25) is 0 Å². The number of hydrogen-bond acceptors (Lipinski definition) is 2. The Kier molecular flexibility index (Phi) is 4.58. The summed E-state index contributed by atoms with van der Waals surface area (Å²) in [6.07, 6.45) is 0.982. The fourth-order valence-electron chi connectivity index (χ4n) is 2.32. The SMILES string of the molecule is COc1ccc(C(CN)Cc2ccccc2C)cc1. The molecule has 2 nitrogen and oxygen atoms in total. The van der Waals surface area contributed by atoms with Crippen LogP contribution in [0.15, 0.2) is 48.5 Å². The third-order valence-corrected chi connectivity index (χ3v) is 3.60. The van der Waals surface area contributed by atoms with Crippen LogP contribution >= 0.6 is 0 Å². The van der Waals surface area contributed by atoms with Gasteiger partial charge in [-0.25, -0.2) is 0 Å². The number of methoxy groups -OCH3 is 1. The lowest BCUT2D eigenvalue weighted by atomic mass is 9.90. The topological polar surface area (TPSA) is 35.2 Å². The van der Waals surface area contributed by atoms with Crippen molar-refractivity contribution in [3.63, 3.8) is 0 Å². The second kappa shape index (κ2) is 6.39. The van der Waals surface area contributed by atoms with Gasteiger partial charge in [-0.1, -0.05) is 36.4 Å². The first kappa shape index (κ1) is 13.6. The zero-order valence-corrected chi connectivity index (χ0v) is 11.6. The second-order valence-corrected chi connectivity index (χ2v) is 4.84. The van der Waals surface area contributed by atoms with Crippen molar-refractivity contribution >= 4 is 0 Å². The summed E-state index contributed by atoms with van der Waals surface area (Å²) in [5.74, 6) is 1.24. The average Bonchev–Trinajstić information content (AvgIpc) is 2.47. The summed E-state index contributed by atoms with van der Waals surface area (Å²) >= 11 is 0. The van der Waals surface area contributed by atoms with Gasteiger partial charge in [0, 0.05) is 5.92 Å². The van der Waals surface area contributed by atoms with Crippen molar-refractivity contribution in [2.24, 2.45) is 5.73 Å². The Labute approximate surface area is 115 Å². The van der Waals surface area contributed by atoms with Crippen molar-refractivity contribution in [1.82, 2.24) is 0 Å². The summed E-state index contributed by atoms with van der Waals surface area (Å²) < 4.78 is 5.19. The molecule has 0 bridgehead atoms. The zero-order valence-electron chi connectivity index (χ0n) is 11.6. The molecule has 2 heteroatoms. The molecule has 0 saturated heterocycles. The Balaban J connectivity index is 2.17. The van der Waals surface area contributed by atoms with Crippen LogP contribution in [-0.2, 0) is 6.42 Å². The number of benzene rings is 2. The monoisotopic (exact) mass is 255 g/mol. The summed E-state index contributed by atoms with van der Waals surface area (Å²) in [5.41, 5.74) is 9.91. The van der Waals surface area contributed by atoms with Crippen LogP contribution in [0, 0.1) is 6.92 Å². The summed E-state index contributed by atoms with van der Waals surface area (Å²) in [6.45, 7) is 2.80. The predicted octanol–water partition coefficient (Wildman–Crippen LogP) is 3.29. The Morgan fingerprint density at radius 3 is 2.32 bits per heavy atom. The maximum atomic E-state index is 5.94. The summed E-state index contributed by atoms with van der Waals surface area (Å²) in [7, 11) is 1.68. The Bertz CT molecular complexity index is 519. The van der Waals surface area contributed by atoms with Crippen LogP contribution in [0.4, 0.5) is 0 Å². The fraction of sp³-hybridized carbons (Fsp3) is 0.294. The molecule has 0 radical (unpaired) electrons. The lowest BCUT2D eigenvalue weighted by Gasteiger charge is -2.17. The standard InChI is InChI=1S/C17H21NO/c1-13-5-3-4-6-15(13)11-16(12-18)14-7-9-17(19-2)10-8-14/h3-10,16H,11-12,18H2,1-2H3. The van der Waals surface area contributed by atoms with Crippen LogP contribution < -0.4 is 10.5 Å². The molecule has 0 heterocycles. The van der Waals surface area contributed by atoms with Gasteiger partial charge in [0.15, 0.2) is 0 Å². The van der Waals surface area contributed by atoms with Crippen molar-refractivity contribution in [1.29, 1.82) is 0 Å². The molecular weight excluding hydrogens is 234 g/mol. The van der Waals surface area contributed by atoms with E-state index in [0.29, 0.717) is 12.5 Å². The lowest BCUT2D eigenvalue weighted by Crippen LogP contribution is -2.15. The molecule has 2 rings (SSSR count). The van der Waals surface area contributed by atoms with Gasteiger partial charge >= 0.3 is 0 Å². The summed E-state index contributed by atoms with van der Waals surface area (Å²) in [6, 6.07) is 16.7. The van der Waals surface area contributed by atoms with Crippen LogP contribution in [0.3, 0.4) is 0 Å². The molecule has 2 aromatic rings. The predicted molar refractivity (Wildman–Crippen MR) is 79.7 cm³/mol. The van der Waals surface area contributed by atoms with Crippen molar-refractivity contribution in [3.05, 3.63) is 65.2 Å². The van der Waals surface area contributed by atoms with E-state index in [2.05, 4.69) is 43.3 Å². The van der Waals surface area contributed by atoms with Gasteiger partial charge in [-0.05, 0) is 48.7 Å². The van der Waals surface area contributed by atoms with Gasteiger partial charge in [-0.2, -0.15) is 0 Å². The minimum atomic E-state index is 0.354. The highest BCUT2D eigenvalue weighted by molar-refractivity contribution is 5.33. The molecule has 19 heavy (non-hydrogen) atoms. The van der Waals surface area contributed by atoms with E-state index in [-0.39, 0.29) is 0 Å². The smallest absolute Gasteiger partial charge is 0.118 e. The first-order valence-corrected chi connectivity index (χ1v) is 6.63. The highest BCUT2D eigenvalue weighted by atomic mass is 16.5. The van der Waals surface area contributed by atoms with Gasteiger partial charge in [0.25, 0.3) is 0 Å². The third-order valence-electron chi connectivity index (χ3n) is 3.60. The van der Waals surface area contributed by atoms with E-state index < -0.39 is 0 Å². The molecule has 0 aliphatic carbocycles. The van der Waals surface area contributed by atoms with E-state index in [4.69, 9.17) is 10.5 Å². The van der Waals surface area contributed by atoms with Crippen molar-refractivity contribution in [2.75, 3.05) is 13.7 Å². The van der Waals surface area contributed by atoms with Crippen LogP contribution in [0.5, 0.6) is 5.75 Å². The summed E-state index contributed by atoms with van der Waals surface area (Å²) in [4.78, 5) is 0. The Morgan fingerprint density at radius 1 is 1.05 bits per heavy atom. The van der Waals surface area contributed by atoms with Crippen molar-refractivity contribution < 1.29 is 4.74 Å². The van der Waals surface area contributed by atoms with E-state index in [0.717, 1.165) is 12.2 Å². The first-order chi connectivity index (χ1) is 9.24. The normalized spacial score (nSPS) is 12.2. The maximum absolute atomic E-state index is 5.94. The molecule has 100 valence electrons. The van der Waals surface area contributed by atoms with E-state index >= 15 is 0 Å². The van der Waals surface area contributed by atoms with Crippen LogP contribution in [0.1, 0.15) is 22.6 Å². The van der Waals surface area contributed by atoms with Crippen molar-refractivity contribution in [2.45, 2.75) is 19.3 Å². The van der Waals surface area contributed by atoms with Gasteiger partial charge in [-0.3, -0.25) is 0 Å². The molecule has 0 spiro atoms. The highest BCUT2D eigenvalue weighted by Gasteiger charge is 2.11. The van der Waals surface area contributed by atoms with Crippen LogP contribution in [0.2, 0.25) is 0 Å². The van der Waals surface area contributed by atoms with E-state index in [1.54, 1.807) is 7.11 Å². The largest absolute Gasteiger partial charge is 0.497 e. The van der Waals surface area contributed by atoms with E-state index in [1.165, 1.54) is 16.7 Å². The van der Waals surface area contributed by atoms with Gasteiger partial charge in [-0.15, -0.1) is 0 Å². The molecular formula is C17H21NO.